The Bertz CT molecular complexity index is 1040. The van der Waals surface area contributed by atoms with Crippen LogP contribution in [0, 0.1) is 5.92 Å². The van der Waals surface area contributed by atoms with Crippen LogP contribution in [0.5, 0.6) is 5.75 Å². The summed E-state index contributed by atoms with van der Waals surface area (Å²) in [5.74, 6) is -3.44. The van der Waals surface area contributed by atoms with E-state index in [0.29, 0.717) is 11.3 Å². The second-order valence-corrected chi connectivity index (χ2v) is 9.09. The number of aromatic nitrogens is 2. The van der Waals surface area contributed by atoms with Gasteiger partial charge in [-0.05, 0) is 30.0 Å². The van der Waals surface area contributed by atoms with Crippen molar-refractivity contribution in [3.8, 4) is 5.75 Å². The number of carbonyl (C=O) groups excluding carboxylic acids is 3. The number of hydrogen-bond donors (Lipinski definition) is 8. The van der Waals surface area contributed by atoms with Gasteiger partial charge in [0.1, 0.15) is 29.9 Å². The number of aromatic hydroxyl groups is 1. The third-order valence-electron chi connectivity index (χ3n) is 5.48. The van der Waals surface area contributed by atoms with Gasteiger partial charge in [0.15, 0.2) is 0 Å². The molecule has 1 heterocycles. The first-order chi connectivity index (χ1) is 17.5. The molecule has 1 aromatic carbocycles. The highest BCUT2D eigenvalue weighted by molar-refractivity contribution is 5.94. The number of aromatic amines is 1. The molecule has 0 fully saturated rings. The number of carboxylic acids is 1. The summed E-state index contributed by atoms with van der Waals surface area (Å²) in [4.78, 5) is 57.1. The van der Waals surface area contributed by atoms with Crippen molar-refractivity contribution >= 4 is 23.7 Å². The van der Waals surface area contributed by atoms with Gasteiger partial charge in [-0.2, -0.15) is 0 Å². The molecule has 0 spiro atoms. The largest absolute Gasteiger partial charge is 0.508 e. The topological polar surface area (TPSA) is 220 Å². The number of H-pyrrole nitrogens is 1. The van der Waals surface area contributed by atoms with Gasteiger partial charge in [0.05, 0.1) is 12.9 Å². The molecule has 0 aliphatic rings. The van der Waals surface area contributed by atoms with Gasteiger partial charge in [-0.1, -0.05) is 26.0 Å². The molecule has 202 valence electrons. The highest BCUT2D eigenvalue weighted by Gasteiger charge is 2.31. The Morgan fingerprint density at radius 2 is 1.54 bits per heavy atom. The van der Waals surface area contributed by atoms with Gasteiger partial charge in [-0.25, -0.2) is 9.78 Å². The number of nitrogens with one attached hydrogen (secondary N) is 4. The molecule has 2 aromatic rings. The number of carboxylic acid groups (broad SMARTS) is 1. The number of carbonyl (C=O) groups is 4. The summed E-state index contributed by atoms with van der Waals surface area (Å²) in [5, 5.41) is 35.8. The van der Waals surface area contributed by atoms with Crippen molar-refractivity contribution in [1.29, 1.82) is 0 Å². The Morgan fingerprint density at radius 1 is 0.946 bits per heavy atom. The van der Waals surface area contributed by atoms with E-state index in [1.807, 2.05) is 13.8 Å². The van der Waals surface area contributed by atoms with Crippen LogP contribution in [0.3, 0.4) is 0 Å². The molecule has 0 radical (unpaired) electrons. The van der Waals surface area contributed by atoms with Crippen molar-refractivity contribution in [3.05, 3.63) is 48.0 Å². The molecule has 9 N–H and O–H groups in total. The lowest BCUT2D eigenvalue weighted by atomic mass is 10.0. The standard InChI is InChI=1S/C24H34N6O7/c1-13(2)7-18(22(34)30-20(24(36)37)8-14-3-5-16(32)6-4-14)29-23(35)19(9-15-10-26-12-27-15)28-21(33)17(25)11-31/h3-6,10,12-13,17-20,31-32H,7-9,11,25H2,1-2H3,(H,26,27)(H,28,33)(H,29,35)(H,30,34)(H,36,37). The molecule has 0 bridgehead atoms. The molecular formula is C24H34N6O7. The van der Waals surface area contributed by atoms with Crippen molar-refractivity contribution in [3.63, 3.8) is 0 Å². The Balaban J connectivity index is 2.18. The van der Waals surface area contributed by atoms with E-state index in [9.17, 15) is 29.4 Å². The van der Waals surface area contributed by atoms with E-state index in [4.69, 9.17) is 10.8 Å². The van der Waals surface area contributed by atoms with Gasteiger partial charge in [0, 0.05) is 24.7 Å². The van der Waals surface area contributed by atoms with Gasteiger partial charge in [0.25, 0.3) is 0 Å². The minimum atomic E-state index is -1.29. The van der Waals surface area contributed by atoms with Crippen molar-refractivity contribution in [2.45, 2.75) is 57.3 Å². The van der Waals surface area contributed by atoms with Crippen molar-refractivity contribution in [1.82, 2.24) is 25.9 Å². The summed E-state index contributed by atoms with van der Waals surface area (Å²) in [6.07, 6.45) is 3.04. The molecule has 1 aromatic heterocycles. The Morgan fingerprint density at radius 3 is 2.08 bits per heavy atom. The summed E-state index contributed by atoms with van der Waals surface area (Å²) in [7, 11) is 0. The predicted octanol–water partition coefficient (Wildman–Crippen LogP) is -1.19. The zero-order chi connectivity index (χ0) is 27.5. The molecule has 0 aliphatic carbocycles. The monoisotopic (exact) mass is 518 g/mol. The molecule has 13 nitrogen and oxygen atoms in total. The molecule has 0 saturated carbocycles. The van der Waals surface area contributed by atoms with Gasteiger partial charge < -0.3 is 42.0 Å². The average Bonchev–Trinajstić information content (AvgIpc) is 3.36. The average molecular weight is 519 g/mol. The summed E-state index contributed by atoms with van der Waals surface area (Å²) in [5.41, 5.74) is 6.67. The van der Waals surface area contributed by atoms with Crippen molar-refractivity contribution in [2.24, 2.45) is 11.7 Å². The molecule has 4 unspecified atom stereocenters. The van der Waals surface area contributed by atoms with Crippen LogP contribution in [0.25, 0.3) is 0 Å². The number of aliphatic hydroxyl groups is 1. The van der Waals surface area contributed by atoms with Crippen LogP contribution in [0.1, 0.15) is 31.5 Å². The number of aliphatic hydroxyl groups excluding tert-OH is 1. The van der Waals surface area contributed by atoms with E-state index in [0.717, 1.165) is 0 Å². The maximum atomic E-state index is 13.2. The van der Waals surface area contributed by atoms with E-state index < -0.39 is 54.5 Å². The molecule has 4 atom stereocenters. The number of phenols is 1. The highest BCUT2D eigenvalue weighted by atomic mass is 16.4. The lowest BCUT2D eigenvalue weighted by Crippen LogP contribution is -2.58. The predicted molar refractivity (Wildman–Crippen MR) is 132 cm³/mol. The van der Waals surface area contributed by atoms with Crippen molar-refractivity contribution in [2.75, 3.05) is 6.61 Å². The van der Waals surface area contributed by atoms with Crippen LogP contribution in [-0.4, -0.2) is 79.8 Å². The van der Waals surface area contributed by atoms with Crippen LogP contribution < -0.4 is 21.7 Å². The second-order valence-electron chi connectivity index (χ2n) is 9.09. The maximum Gasteiger partial charge on any atom is 0.326 e. The lowest BCUT2D eigenvalue weighted by molar-refractivity contribution is -0.142. The molecule has 13 heteroatoms. The van der Waals surface area contributed by atoms with E-state index in [1.165, 1.54) is 24.7 Å². The summed E-state index contributed by atoms with van der Waals surface area (Å²) in [6.45, 7) is 3.05. The van der Waals surface area contributed by atoms with E-state index in [2.05, 4.69) is 25.9 Å². The minimum absolute atomic E-state index is 0.00431. The molecule has 37 heavy (non-hydrogen) atoms. The van der Waals surface area contributed by atoms with Gasteiger partial charge in [0.2, 0.25) is 17.7 Å². The smallest absolute Gasteiger partial charge is 0.326 e. The number of rotatable bonds is 14. The molecule has 3 amide bonds. The second kappa shape index (κ2) is 13.9. The quantitative estimate of drug-likeness (QED) is 0.150. The van der Waals surface area contributed by atoms with Crippen molar-refractivity contribution < 1.29 is 34.5 Å². The molecule has 0 aliphatic heterocycles. The van der Waals surface area contributed by atoms with Crippen LogP contribution in [0.15, 0.2) is 36.8 Å². The fourth-order valence-electron chi connectivity index (χ4n) is 3.50. The number of nitrogens with zero attached hydrogens (tertiary/aromatic N) is 1. The zero-order valence-electron chi connectivity index (χ0n) is 20.7. The Hall–Kier alpha value is -3.97. The number of phenolic OH excluding ortho intramolecular Hbond substituents is 1. The third kappa shape index (κ3) is 9.54. The summed E-state index contributed by atoms with van der Waals surface area (Å²) >= 11 is 0. The number of nitrogens with two attached hydrogens (primary N) is 1. The van der Waals surface area contributed by atoms with Crippen LogP contribution in [0.2, 0.25) is 0 Å². The lowest BCUT2D eigenvalue weighted by Gasteiger charge is -2.26. The molecule has 2 rings (SSSR count). The van der Waals surface area contributed by atoms with Crippen LogP contribution >= 0.6 is 0 Å². The highest BCUT2D eigenvalue weighted by Crippen LogP contribution is 2.12. The summed E-state index contributed by atoms with van der Waals surface area (Å²) < 4.78 is 0. The molecular weight excluding hydrogens is 484 g/mol. The molecule has 0 saturated heterocycles. The number of amides is 3. The van der Waals surface area contributed by atoms with Gasteiger partial charge >= 0.3 is 5.97 Å². The zero-order valence-corrected chi connectivity index (χ0v) is 20.7. The Kier molecular flexibility index (Phi) is 11.0. The number of hydrogen-bond acceptors (Lipinski definition) is 8. The first-order valence-electron chi connectivity index (χ1n) is 11.8. The summed E-state index contributed by atoms with van der Waals surface area (Å²) in [6, 6.07) is 1.13. The normalized spacial score (nSPS) is 14.3. The SMILES string of the molecule is CC(C)CC(NC(=O)C(Cc1cnc[nH]1)NC(=O)C(N)CO)C(=O)NC(Cc1ccc(O)cc1)C(=O)O. The number of aliphatic carboxylic acids is 1. The van der Waals surface area contributed by atoms with Gasteiger partial charge in [-0.15, -0.1) is 0 Å². The maximum absolute atomic E-state index is 13.2. The minimum Gasteiger partial charge on any atom is -0.508 e. The number of imidazole rings is 1. The van der Waals surface area contributed by atoms with Crippen LogP contribution in [0.4, 0.5) is 0 Å². The fraction of sp³-hybridized carbons (Fsp3) is 0.458. The first kappa shape index (κ1) is 29.3. The van der Waals surface area contributed by atoms with E-state index in [1.54, 1.807) is 12.1 Å². The third-order valence-corrected chi connectivity index (χ3v) is 5.48. The number of benzene rings is 1. The first-order valence-corrected chi connectivity index (χ1v) is 11.8. The van der Waals surface area contributed by atoms with Gasteiger partial charge in [-0.3, -0.25) is 14.4 Å². The van der Waals surface area contributed by atoms with Crippen LogP contribution in [-0.2, 0) is 32.0 Å². The van der Waals surface area contributed by atoms with E-state index >= 15 is 0 Å². The fourth-order valence-corrected chi connectivity index (χ4v) is 3.50. The van der Waals surface area contributed by atoms with E-state index in [-0.39, 0.29) is 30.9 Å². The Labute approximate surface area is 213 Å².